The van der Waals surface area contributed by atoms with Crippen molar-refractivity contribution in [3.05, 3.63) is 65.1 Å². The van der Waals surface area contributed by atoms with Gasteiger partial charge in [-0.3, -0.25) is 9.69 Å². The summed E-state index contributed by atoms with van der Waals surface area (Å²) < 4.78 is 32.5. The summed E-state index contributed by atoms with van der Waals surface area (Å²) in [6.07, 6.45) is 1.11. The molecule has 1 atom stereocenters. The number of morpholine rings is 1. The number of methoxy groups -OCH3 is 2. The minimum Gasteiger partial charge on any atom is -0.494 e. The van der Waals surface area contributed by atoms with E-state index in [1.54, 1.807) is 0 Å². The van der Waals surface area contributed by atoms with Gasteiger partial charge in [0.25, 0.3) is 5.91 Å². The van der Waals surface area contributed by atoms with E-state index in [0.717, 1.165) is 44.8 Å². The zero-order chi connectivity index (χ0) is 26.4. The molecule has 1 N–H and O–H groups in total. The van der Waals surface area contributed by atoms with Crippen molar-refractivity contribution in [1.29, 1.82) is 0 Å². The number of aromatic nitrogens is 1. The lowest BCUT2D eigenvalue weighted by atomic mass is 10.0. The minimum absolute atomic E-state index is 0.272. The average molecular weight is 512 g/mol. The van der Waals surface area contributed by atoms with E-state index in [2.05, 4.69) is 10.2 Å². The highest BCUT2D eigenvalue weighted by atomic mass is 19.1. The average Bonchev–Trinajstić information content (AvgIpc) is 3.19. The lowest BCUT2D eigenvalue weighted by Crippen LogP contribution is -2.43. The van der Waals surface area contributed by atoms with Crippen LogP contribution in [-0.2, 0) is 27.2 Å². The molecular weight excluding hydrogens is 477 g/mol. The maximum Gasteiger partial charge on any atom is 0.328 e. The molecule has 8 nitrogen and oxygen atoms in total. The molecular formula is C28H34FN3O5. The van der Waals surface area contributed by atoms with Crippen molar-refractivity contribution < 1.29 is 28.2 Å². The zero-order valence-corrected chi connectivity index (χ0v) is 21.6. The van der Waals surface area contributed by atoms with Crippen molar-refractivity contribution in [3.63, 3.8) is 0 Å². The smallest absolute Gasteiger partial charge is 0.328 e. The van der Waals surface area contributed by atoms with Gasteiger partial charge in [-0.2, -0.15) is 0 Å². The van der Waals surface area contributed by atoms with Crippen LogP contribution in [0.4, 0.5) is 4.39 Å². The monoisotopic (exact) mass is 511 g/mol. The number of carbonyl (C=O) groups excluding carboxylic acids is 2. The molecule has 3 aromatic rings. The molecule has 9 heteroatoms. The molecule has 2 heterocycles. The maximum atomic E-state index is 14.6. The van der Waals surface area contributed by atoms with Crippen LogP contribution < -0.4 is 10.1 Å². The van der Waals surface area contributed by atoms with Gasteiger partial charge < -0.3 is 24.1 Å². The van der Waals surface area contributed by atoms with Gasteiger partial charge in [0.1, 0.15) is 17.6 Å². The number of hydrogen-bond donors (Lipinski definition) is 1. The molecule has 1 aliphatic rings. The summed E-state index contributed by atoms with van der Waals surface area (Å²) in [4.78, 5) is 28.5. The lowest BCUT2D eigenvalue weighted by molar-refractivity contribution is -0.142. The van der Waals surface area contributed by atoms with Crippen molar-refractivity contribution in [2.75, 3.05) is 47.1 Å². The van der Waals surface area contributed by atoms with E-state index >= 15 is 0 Å². The van der Waals surface area contributed by atoms with Crippen molar-refractivity contribution >= 4 is 22.8 Å². The van der Waals surface area contributed by atoms with Crippen molar-refractivity contribution in [1.82, 2.24) is 14.8 Å². The first-order chi connectivity index (χ1) is 17.9. The number of esters is 1. The molecule has 198 valence electrons. The van der Waals surface area contributed by atoms with Gasteiger partial charge >= 0.3 is 5.97 Å². The number of nitrogens with one attached hydrogen (secondary N) is 1. The molecule has 37 heavy (non-hydrogen) atoms. The standard InChI is InChI=1S/C28H34FN3O5/c1-19-25(27(33)30-23(28(34)36-3)16-20-8-5-4-6-9-20)22-17-21(29)18-24(35-2)26(22)32(19)11-7-10-31-12-14-37-15-13-31/h4-6,8-9,17-18,23H,7,10-16H2,1-3H3,(H,30,33)/t23-/m1/s1. The van der Waals surface area contributed by atoms with Crippen LogP contribution in [-0.4, -0.2) is 74.5 Å². The van der Waals surface area contributed by atoms with E-state index in [4.69, 9.17) is 14.2 Å². The Balaban J connectivity index is 1.65. The molecule has 4 rings (SSSR count). The number of halogens is 1. The molecule has 2 aromatic carbocycles. The summed E-state index contributed by atoms with van der Waals surface area (Å²) in [7, 11) is 2.78. The molecule has 0 spiro atoms. The fourth-order valence-electron chi connectivity index (χ4n) is 4.96. The van der Waals surface area contributed by atoms with Crippen LogP contribution in [0.2, 0.25) is 0 Å². The van der Waals surface area contributed by atoms with Crippen LogP contribution in [0.1, 0.15) is 28.0 Å². The molecule has 0 saturated carbocycles. The third-order valence-corrected chi connectivity index (χ3v) is 6.83. The molecule has 1 amide bonds. The molecule has 0 radical (unpaired) electrons. The Kier molecular flexibility index (Phi) is 8.78. The molecule has 1 aliphatic heterocycles. The quantitative estimate of drug-likeness (QED) is 0.421. The van der Waals surface area contributed by atoms with Gasteiger partial charge in [-0.05, 0) is 25.0 Å². The van der Waals surface area contributed by atoms with Crippen LogP contribution in [0.15, 0.2) is 42.5 Å². The van der Waals surface area contributed by atoms with Gasteiger partial charge in [0.2, 0.25) is 0 Å². The molecule has 1 fully saturated rings. The normalized spacial score (nSPS) is 14.9. The van der Waals surface area contributed by atoms with E-state index in [9.17, 15) is 14.0 Å². The highest BCUT2D eigenvalue weighted by Crippen LogP contribution is 2.34. The third kappa shape index (κ3) is 6.11. The fraction of sp³-hybridized carbons (Fsp3) is 0.429. The first kappa shape index (κ1) is 26.6. The second-order valence-electron chi connectivity index (χ2n) is 9.16. The summed E-state index contributed by atoms with van der Waals surface area (Å²) in [6.45, 7) is 6.59. The third-order valence-electron chi connectivity index (χ3n) is 6.83. The number of hydrogen-bond acceptors (Lipinski definition) is 6. The topological polar surface area (TPSA) is 82.0 Å². The Labute approximate surface area is 216 Å². The van der Waals surface area contributed by atoms with E-state index in [1.165, 1.54) is 26.4 Å². The first-order valence-electron chi connectivity index (χ1n) is 12.5. The number of benzene rings is 2. The predicted molar refractivity (Wildman–Crippen MR) is 138 cm³/mol. The fourth-order valence-corrected chi connectivity index (χ4v) is 4.96. The van der Waals surface area contributed by atoms with Gasteiger partial charge in [0.05, 0.1) is 38.5 Å². The number of aryl methyl sites for hydroxylation is 1. The Morgan fingerprint density at radius 3 is 2.51 bits per heavy atom. The van der Waals surface area contributed by atoms with E-state index in [0.29, 0.717) is 34.5 Å². The first-order valence-corrected chi connectivity index (χ1v) is 12.5. The van der Waals surface area contributed by atoms with Crippen LogP contribution in [0.25, 0.3) is 10.9 Å². The second kappa shape index (κ2) is 12.2. The minimum atomic E-state index is -0.894. The Morgan fingerprint density at radius 1 is 1.11 bits per heavy atom. The number of rotatable bonds is 10. The summed E-state index contributed by atoms with van der Waals surface area (Å²) in [5.41, 5.74) is 2.54. The molecule has 1 saturated heterocycles. The summed E-state index contributed by atoms with van der Waals surface area (Å²) in [6, 6.07) is 11.2. The van der Waals surface area contributed by atoms with Crippen LogP contribution in [0.5, 0.6) is 5.75 Å². The predicted octanol–water partition coefficient (Wildman–Crippen LogP) is 3.33. The van der Waals surface area contributed by atoms with Crippen molar-refractivity contribution in [2.24, 2.45) is 0 Å². The molecule has 1 aromatic heterocycles. The van der Waals surface area contributed by atoms with Gasteiger partial charge in [0.15, 0.2) is 0 Å². The Bertz CT molecular complexity index is 1240. The van der Waals surface area contributed by atoms with E-state index in [1.807, 2.05) is 41.8 Å². The van der Waals surface area contributed by atoms with Gasteiger partial charge in [-0.1, -0.05) is 30.3 Å². The summed E-state index contributed by atoms with van der Waals surface area (Å²) >= 11 is 0. The largest absolute Gasteiger partial charge is 0.494 e. The number of ether oxygens (including phenoxy) is 3. The van der Waals surface area contributed by atoms with Crippen LogP contribution in [0.3, 0.4) is 0 Å². The summed E-state index contributed by atoms with van der Waals surface area (Å²) in [5.74, 6) is -1.16. The maximum absolute atomic E-state index is 14.6. The highest BCUT2D eigenvalue weighted by Gasteiger charge is 2.28. The lowest BCUT2D eigenvalue weighted by Gasteiger charge is -2.26. The zero-order valence-electron chi connectivity index (χ0n) is 21.6. The second-order valence-corrected chi connectivity index (χ2v) is 9.16. The highest BCUT2D eigenvalue weighted by molar-refractivity contribution is 6.10. The van der Waals surface area contributed by atoms with Crippen LogP contribution >= 0.6 is 0 Å². The number of carbonyl (C=O) groups is 2. The van der Waals surface area contributed by atoms with E-state index < -0.39 is 23.7 Å². The molecule has 0 bridgehead atoms. The van der Waals surface area contributed by atoms with Crippen LogP contribution in [0, 0.1) is 12.7 Å². The van der Waals surface area contributed by atoms with Crippen molar-refractivity contribution in [2.45, 2.75) is 32.4 Å². The van der Waals surface area contributed by atoms with Gasteiger partial charge in [0, 0.05) is 49.7 Å². The number of amides is 1. The number of fused-ring (bicyclic) bond motifs is 1. The SMILES string of the molecule is COC(=O)[C@@H](Cc1ccccc1)NC(=O)c1c(C)n(CCCN2CCOCC2)c2c(OC)cc(F)cc12. The van der Waals surface area contributed by atoms with Gasteiger partial charge in [-0.25, -0.2) is 9.18 Å². The van der Waals surface area contributed by atoms with E-state index in [-0.39, 0.29) is 6.42 Å². The van der Waals surface area contributed by atoms with Crippen molar-refractivity contribution in [3.8, 4) is 5.75 Å². The Hall–Kier alpha value is -3.43. The Morgan fingerprint density at radius 2 is 1.84 bits per heavy atom. The number of nitrogens with zero attached hydrogens (tertiary/aromatic N) is 2. The molecule has 0 unspecified atom stereocenters. The molecule has 0 aliphatic carbocycles. The summed E-state index contributed by atoms with van der Waals surface area (Å²) in [5, 5.41) is 3.28. The van der Waals surface area contributed by atoms with Gasteiger partial charge in [-0.15, -0.1) is 0 Å².